The molecule has 4 aliphatic heterocycles. The summed E-state index contributed by atoms with van der Waals surface area (Å²) in [5.41, 5.74) is 1.02. The van der Waals surface area contributed by atoms with Crippen molar-refractivity contribution in [3.63, 3.8) is 0 Å². The normalized spacial score (nSPS) is 29.5. The predicted molar refractivity (Wildman–Crippen MR) is 173 cm³/mol. The number of amides is 3. The van der Waals surface area contributed by atoms with Gasteiger partial charge in [0.25, 0.3) is 0 Å². The summed E-state index contributed by atoms with van der Waals surface area (Å²) in [6, 6.07) is 9.23. The topological polar surface area (TPSA) is 93.6 Å². The number of carbonyl (C=O) groups excluding carboxylic acids is 3. The number of benzene rings is 1. The lowest BCUT2D eigenvalue weighted by molar-refractivity contribution is -0.146. The number of fused-ring (bicyclic) bond motifs is 1. The van der Waals surface area contributed by atoms with Crippen LogP contribution in [0.4, 0.5) is 0 Å². The fourth-order valence-electron chi connectivity index (χ4n) is 7.81. The maximum Gasteiger partial charge on any atom is 0.247 e. The van der Waals surface area contributed by atoms with Gasteiger partial charge < -0.3 is 24.5 Å². The summed E-state index contributed by atoms with van der Waals surface area (Å²) in [4.78, 5) is 51.4. The summed E-state index contributed by atoms with van der Waals surface area (Å²) in [6.07, 6.45) is 6.13. The van der Waals surface area contributed by atoms with Crippen molar-refractivity contribution in [1.82, 2.24) is 19.6 Å². The number of aliphatic hydroxyl groups excluding tert-OH is 1. The molecule has 0 saturated carbocycles. The van der Waals surface area contributed by atoms with Gasteiger partial charge in [-0.25, -0.2) is 0 Å². The Balaban J connectivity index is 1.46. The molecule has 4 fully saturated rings. The first-order valence-corrected chi connectivity index (χ1v) is 16.9. The van der Waals surface area contributed by atoms with Gasteiger partial charge in [0, 0.05) is 63.7 Å². The summed E-state index contributed by atoms with van der Waals surface area (Å²) >= 11 is 1.71. The minimum absolute atomic E-state index is 0.0291. The van der Waals surface area contributed by atoms with E-state index in [4.69, 9.17) is 4.74 Å². The van der Waals surface area contributed by atoms with Crippen LogP contribution in [0.5, 0.6) is 0 Å². The van der Waals surface area contributed by atoms with Gasteiger partial charge in [0.2, 0.25) is 17.7 Å². The van der Waals surface area contributed by atoms with Crippen molar-refractivity contribution in [1.29, 1.82) is 0 Å². The molecule has 2 bridgehead atoms. The number of likely N-dealkylation sites (tertiary alicyclic amines) is 1. The van der Waals surface area contributed by atoms with Gasteiger partial charge in [-0.1, -0.05) is 42.5 Å². The van der Waals surface area contributed by atoms with Crippen molar-refractivity contribution in [3.05, 3.63) is 61.2 Å². The molecule has 10 heteroatoms. The molecule has 0 aliphatic carbocycles. The van der Waals surface area contributed by atoms with E-state index in [1.165, 1.54) is 0 Å². The van der Waals surface area contributed by atoms with E-state index in [2.05, 4.69) is 25.0 Å². The van der Waals surface area contributed by atoms with Crippen molar-refractivity contribution in [2.75, 3.05) is 65.6 Å². The monoisotopic (exact) mass is 624 g/mol. The number of ether oxygens (including phenoxy) is 1. The van der Waals surface area contributed by atoms with E-state index in [0.29, 0.717) is 65.2 Å². The highest BCUT2D eigenvalue weighted by atomic mass is 32.2. The van der Waals surface area contributed by atoms with Gasteiger partial charge in [-0.05, 0) is 38.2 Å². The Morgan fingerprint density at radius 3 is 2.43 bits per heavy atom. The molecule has 1 aromatic rings. The second-order valence-electron chi connectivity index (χ2n) is 12.7. The molecular weight excluding hydrogens is 576 g/mol. The molecule has 4 saturated heterocycles. The third kappa shape index (κ3) is 6.23. The highest BCUT2D eigenvalue weighted by molar-refractivity contribution is 8.02. The predicted octanol–water partition coefficient (Wildman–Crippen LogP) is 2.80. The minimum atomic E-state index is -0.673. The van der Waals surface area contributed by atoms with E-state index >= 15 is 0 Å². The van der Waals surface area contributed by atoms with Gasteiger partial charge in [-0.3, -0.25) is 19.3 Å². The number of rotatable bonds is 15. The van der Waals surface area contributed by atoms with Gasteiger partial charge in [0.05, 0.1) is 29.8 Å². The van der Waals surface area contributed by atoms with Crippen LogP contribution in [0, 0.1) is 11.8 Å². The number of hydrogen-bond donors (Lipinski definition) is 1. The van der Waals surface area contributed by atoms with E-state index in [9.17, 15) is 19.5 Å². The molecule has 5 rings (SSSR count). The average molecular weight is 625 g/mol. The van der Waals surface area contributed by atoms with Crippen LogP contribution in [0.25, 0.3) is 0 Å². The second kappa shape index (κ2) is 14.2. The van der Waals surface area contributed by atoms with Crippen molar-refractivity contribution in [2.45, 2.75) is 54.7 Å². The number of hydrogen-bond acceptors (Lipinski definition) is 7. The van der Waals surface area contributed by atoms with Crippen LogP contribution in [0.2, 0.25) is 0 Å². The van der Waals surface area contributed by atoms with Crippen molar-refractivity contribution < 1.29 is 24.2 Å². The zero-order valence-electron chi connectivity index (χ0n) is 26.1. The van der Waals surface area contributed by atoms with E-state index < -0.39 is 27.4 Å². The lowest BCUT2D eigenvalue weighted by Gasteiger charge is -2.38. The summed E-state index contributed by atoms with van der Waals surface area (Å²) < 4.78 is 4.38. The number of aliphatic hydroxyl groups is 1. The first-order valence-electron chi connectivity index (χ1n) is 16.0. The molecule has 9 nitrogen and oxygen atoms in total. The molecule has 44 heavy (non-hydrogen) atoms. The number of nitrogens with zero attached hydrogens (tertiary/aromatic N) is 4. The Kier molecular flexibility index (Phi) is 10.6. The zero-order chi connectivity index (χ0) is 31.3. The van der Waals surface area contributed by atoms with Gasteiger partial charge >= 0.3 is 0 Å². The van der Waals surface area contributed by atoms with Gasteiger partial charge in [0.15, 0.2) is 0 Å². The van der Waals surface area contributed by atoms with Crippen molar-refractivity contribution in [3.8, 4) is 0 Å². The lowest BCUT2D eigenvalue weighted by atomic mass is 9.66. The molecule has 4 aliphatic rings. The van der Waals surface area contributed by atoms with Gasteiger partial charge in [0.1, 0.15) is 6.04 Å². The molecule has 0 radical (unpaired) electrons. The summed E-state index contributed by atoms with van der Waals surface area (Å²) in [7, 11) is 0. The Morgan fingerprint density at radius 1 is 1.05 bits per heavy atom. The van der Waals surface area contributed by atoms with Crippen molar-refractivity contribution >= 4 is 29.5 Å². The van der Waals surface area contributed by atoms with Crippen LogP contribution in [0.15, 0.2) is 55.6 Å². The van der Waals surface area contributed by atoms with E-state index in [1.807, 2.05) is 40.1 Å². The Morgan fingerprint density at radius 2 is 1.75 bits per heavy atom. The third-order valence-corrected chi connectivity index (χ3v) is 11.9. The van der Waals surface area contributed by atoms with E-state index in [-0.39, 0.29) is 24.3 Å². The van der Waals surface area contributed by atoms with Gasteiger partial charge in [-0.2, -0.15) is 0 Å². The Hall–Kier alpha value is -2.66. The molecule has 3 amide bonds. The number of carbonyl (C=O) groups is 3. The van der Waals surface area contributed by atoms with Gasteiger partial charge in [-0.15, -0.1) is 24.9 Å². The van der Waals surface area contributed by atoms with E-state index in [0.717, 1.165) is 31.6 Å². The summed E-state index contributed by atoms with van der Waals surface area (Å²) in [5, 5.41) is 9.51. The lowest BCUT2D eigenvalue weighted by Crippen LogP contribution is -2.56. The Labute approximate surface area is 266 Å². The molecular formula is C34H48N4O5S. The number of thioether (sulfide) groups is 1. The van der Waals surface area contributed by atoms with E-state index in [1.54, 1.807) is 28.8 Å². The highest BCUT2D eigenvalue weighted by Gasteiger charge is 2.77. The SMILES string of the molecule is C=CCN(CCN1CCOCC1)C(=O)C1N(CCCCO)C(=O)[C@@H]2[C@@H](C(=O)N(CC=C)Cc3ccccc3)[C@@]3(C)CCC12S3. The molecule has 1 aromatic carbocycles. The maximum absolute atomic E-state index is 14.7. The largest absolute Gasteiger partial charge is 0.396 e. The smallest absolute Gasteiger partial charge is 0.247 e. The average Bonchev–Trinajstić information content (AvgIpc) is 3.60. The fraction of sp³-hybridized carbons (Fsp3) is 0.618. The molecule has 5 atom stereocenters. The second-order valence-corrected chi connectivity index (χ2v) is 14.6. The minimum Gasteiger partial charge on any atom is -0.396 e. The first-order chi connectivity index (χ1) is 21.3. The standard InChI is InChI=1S/C34H48N4O5S/c1-4-15-36(19-18-35-20-23-43-24-21-35)32(42)29-34-14-13-33(3,44-34)27(28(34)31(41)38(29)17-9-10-22-39)30(40)37(16-5-2)25-26-11-7-6-8-12-26/h4-8,11-12,27-29,39H,1-2,9-10,13-25H2,3H3/t27-,28-,29?,33+,34?/m0/s1. The van der Waals surface area contributed by atoms with Crippen LogP contribution < -0.4 is 0 Å². The Bertz CT molecular complexity index is 1210. The van der Waals surface area contributed by atoms with Crippen LogP contribution in [-0.4, -0.2) is 124 Å². The van der Waals surface area contributed by atoms with Crippen LogP contribution >= 0.6 is 11.8 Å². The van der Waals surface area contributed by atoms with Crippen LogP contribution in [0.3, 0.4) is 0 Å². The van der Waals surface area contributed by atoms with Crippen molar-refractivity contribution in [2.24, 2.45) is 11.8 Å². The molecule has 2 unspecified atom stereocenters. The molecule has 1 spiro atoms. The first kappa shape index (κ1) is 32.7. The number of unbranched alkanes of at least 4 members (excludes halogenated alkanes) is 1. The molecule has 1 N–H and O–H groups in total. The molecule has 240 valence electrons. The van der Waals surface area contributed by atoms with Crippen LogP contribution in [0.1, 0.15) is 38.2 Å². The van der Waals surface area contributed by atoms with Crippen LogP contribution in [-0.2, 0) is 25.7 Å². The third-order valence-electron chi connectivity index (χ3n) is 9.91. The quantitative estimate of drug-likeness (QED) is 0.237. The molecule has 0 aromatic heterocycles. The molecule has 4 heterocycles. The maximum atomic E-state index is 14.7. The highest BCUT2D eigenvalue weighted by Crippen LogP contribution is 2.71. The summed E-state index contributed by atoms with van der Waals surface area (Å²) in [5.74, 6) is -1.30. The summed E-state index contributed by atoms with van der Waals surface area (Å²) in [6.45, 7) is 15.9. The zero-order valence-corrected chi connectivity index (χ0v) is 26.9. The fourth-order valence-corrected chi connectivity index (χ4v) is 10.2. The number of morpholine rings is 1.